The number of sulfone groups is 1. The second kappa shape index (κ2) is 6.80. The summed E-state index contributed by atoms with van der Waals surface area (Å²) in [5.74, 6) is -1.24. The Kier molecular flexibility index (Phi) is 4.81. The third-order valence-corrected chi connectivity index (χ3v) is 4.68. The maximum Gasteiger partial charge on any atom is 0.416 e. The number of hydrogen-bond donors (Lipinski definition) is 0. The molecule has 1 aliphatic rings. The SMILES string of the molecule is CS(=O)(=O)CN1C(=O)CN=C(c2ccccc2)c2cc(C(F)(F)F)ccc21. The molecule has 0 N–H and O–H groups in total. The van der Waals surface area contributed by atoms with E-state index in [-0.39, 0.29) is 23.5 Å². The van der Waals surface area contributed by atoms with Gasteiger partial charge in [0, 0.05) is 17.4 Å². The number of amides is 1. The number of halogens is 3. The molecule has 142 valence electrons. The lowest BCUT2D eigenvalue weighted by Gasteiger charge is -2.23. The Balaban J connectivity index is 2.25. The van der Waals surface area contributed by atoms with Gasteiger partial charge in [-0.1, -0.05) is 30.3 Å². The fraction of sp³-hybridized carbons (Fsp3) is 0.222. The molecule has 9 heteroatoms. The first-order valence-corrected chi connectivity index (χ1v) is 9.92. The number of fused-ring (bicyclic) bond motifs is 1. The number of aliphatic imine (C=N–C) groups is 1. The van der Waals surface area contributed by atoms with E-state index >= 15 is 0 Å². The monoisotopic (exact) mass is 396 g/mol. The van der Waals surface area contributed by atoms with E-state index in [2.05, 4.69) is 4.99 Å². The third-order valence-electron chi connectivity index (χ3n) is 3.95. The Hall–Kier alpha value is -2.68. The standard InChI is InChI=1S/C18H15F3N2O3S/c1-27(25,26)11-23-15-8-7-13(18(19,20)21)9-14(15)17(22-10-16(23)24)12-5-3-2-4-6-12/h2-9H,10-11H2,1H3. The zero-order valence-corrected chi connectivity index (χ0v) is 15.0. The number of rotatable bonds is 3. The summed E-state index contributed by atoms with van der Waals surface area (Å²) in [5.41, 5.74) is -0.0179. The van der Waals surface area contributed by atoms with E-state index in [9.17, 15) is 26.4 Å². The van der Waals surface area contributed by atoms with Gasteiger partial charge in [-0.3, -0.25) is 14.7 Å². The summed E-state index contributed by atoms with van der Waals surface area (Å²) < 4.78 is 63.1. The average molecular weight is 396 g/mol. The van der Waals surface area contributed by atoms with Crippen LogP contribution in [0.25, 0.3) is 0 Å². The Morgan fingerprint density at radius 1 is 1.11 bits per heavy atom. The minimum absolute atomic E-state index is 0.0607. The number of anilines is 1. The summed E-state index contributed by atoms with van der Waals surface area (Å²) in [6, 6.07) is 11.3. The zero-order valence-electron chi connectivity index (χ0n) is 14.2. The van der Waals surface area contributed by atoms with Crippen molar-refractivity contribution in [2.45, 2.75) is 6.18 Å². The van der Waals surface area contributed by atoms with E-state index < -0.39 is 33.4 Å². The predicted molar refractivity (Wildman–Crippen MR) is 95.6 cm³/mol. The first kappa shape index (κ1) is 19.1. The maximum absolute atomic E-state index is 13.2. The lowest BCUT2D eigenvalue weighted by Crippen LogP contribution is -2.36. The van der Waals surface area contributed by atoms with Crippen molar-refractivity contribution in [3.63, 3.8) is 0 Å². The molecule has 2 aromatic rings. The molecule has 1 amide bonds. The maximum atomic E-state index is 13.2. The highest BCUT2D eigenvalue weighted by Crippen LogP contribution is 2.35. The van der Waals surface area contributed by atoms with Gasteiger partial charge in [-0.15, -0.1) is 0 Å². The van der Waals surface area contributed by atoms with Crippen molar-refractivity contribution in [1.29, 1.82) is 0 Å². The van der Waals surface area contributed by atoms with Crippen LogP contribution < -0.4 is 4.90 Å². The van der Waals surface area contributed by atoms with Crippen LogP contribution in [0.15, 0.2) is 53.5 Å². The van der Waals surface area contributed by atoms with Crippen molar-refractivity contribution in [2.75, 3.05) is 23.6 Å². The Morgan fingerprint density at radius 2 is 1.78 bits per heavy atom. The van der Waals surface area contributed by atoms with Crippen LogP contribution in [0.2, 0.25) is 0 Å². The molecule has 0 fully saturated rings. The highest BCUT2D eigenvalue weighted by atomic mass is 32.2. The van der Waals surface area contributed by atoms with E-state index in [0.29, 0.717) is 5.56 Å². The molecule has 0 saturated carbocycles. The predicted octanol–water partition coefficient (Wildman–Crippen LogP) is 2.89. The molecule has 0 unspecified atom stereocenters. The Labute approximate surface area is 154 Å². The summed E-state index contributed by atoms with van der Waals surface area (Å²) in [5, 5.41) is 0. The van der Waals surface area contributed by atoms with Crippen LogP contribution in [-0.4, -0.2) is 38.7 Å². The number of benzene rings is 2. The van der Waals surface area contributed by atoms with Crippen molar-refractivity contribution in [2.24, 2.45) is 4.99 Å². The number of benzodiazepines with no additional fused rings is 1. The number of nitrogens with zero attached hydrogens (tertiary/aromatic N) is 2. The second-order valence-electron chi connectivity index (χ2n) is 6.14. The first-order valence-electron chi connectivity index (χ1n) is 7.86. The van der Waals surface area contributed by atoms with Gasteiger partial charge in [0.15, 0.2) is 9.84 Å². The molecule has 0 atom stereocenters. The fourth-order valence-corrected chi connectivity index (χ4v) is 3.56. The van der Waals surface area contributed by atoms with E-state index in [4.69, 9.17) is 0 Å². The lowest BCUT2D eigenvalue weighted by molar-refractivity contribution is -0.137. The highest BCUT2D eigenvalue weighted by Gasteiger charge is 2.34. The van der Waals surface area contributed by atoms with Crippen LogP contribution in [0.4, 0.5) is 18.9 Å². The third kappa shape index (κ3) is 4.19. The normalized spacial score (nSPS) is 15.2. The largest absolute Gasteiger partial charge is 0.416 e. The van der Waals surface area contributed by atoms with E-state index in [1.807, 2.05) is 0 Å². The summed E-state index contributed by atoms with van der Waals surface area (Å²) in [7, 11) is -3.60. The van der Waals surface area contributed by atoms with Gasteiger partial charge in [0.2, 0.25) is 5.91 Å². The first-order chi connectivity index (χ1) is 12.6. The molecule has 1 heterocycles. The quantitative estimate of drug-likeness (QED) is 0.801. The number of alkyl halides is 3. The molecule has 0 aliphatic carbocycles. The van der Waals surface area contributed by atoms with Gasteiger partial charge in [-0.25, -0.2) is 8.42 Å². The number of hydrogen-bond acceptors (Lipinski definition) is 4. The molecule has 0 spiro atoms. The summed E-state index contributed by atoms with van der Waals surface area (Å²) in [6.07, 6.45) is -3.64. The van der Waals surface area contributed by atoms with Crippen LogP contribution in [0.5, 0.6) is 0 Å². The lowest BCUT2D eigenvalue weighted by atomic mass is 9.98. The molecular weight excluding hydrogens is 381 g/mol. The molecule has 5 nitrogen and oxygen atoms in total. The molecule has 0 bridgehead atoms. The van der Waals surface area contributed by atoms with Crippen LogP contribution in [0, 0.1) is 0 Å². The van der Waals surface area contributed by atoms with Crippen molar-refractivity contribution in [3.05, 3.63) is 65.2 Å². The molecular formula is C18H15F3N2O3S. The van der Waals surface area contributed by atoms with Crippen molar-refractivity contribution >= 4 is 27.1 Å². The van der Waals surface area contributed by atoms with Crippen LogP contribution in [0.3, 0.4) is 0 Å². The van der Waals surface area contributed by atoms with E-state index in [1.54, 1.807) is 30.3 Å². The summed E-state index contributed by atoms with van der Waals surface area (Å²) in [6.45, 7) is -0.365. The minimum Gasteiger partial charge on any atom is -0.295 e. The molecule has 2 aromatic carbocycles. The highest BCUT2D eigenvalue weighted by molar-refractivity contribution is 7.90. The van der Waals surface area contributed by atoms with Gasteiger partial charge in [0.05, 0.1) is 17.0 Å². The Bertz CT molecular complexity index is 1020. The van der Waals surface area contributed by atoms with Crippen molar-refractivity contribution < 1.29 is 26.4 Å². The van der Waals surface area contributed by atoms with Crippen molar-refractivity contribution in [3.8, 4) is 0 Å². The van der Waals surface area contributed by atoms with E-state index in [0.717, 1.165) is 29.4 Å². The van der Waals surface area contributed by atoms with Crippen LogP contribution in [0.1, 0.15) is 16.7 Å². The molecule has 0 saturated heterocycles. The smallest absolute Gasteiger partial charge is 0.295 e. The number of carbonyl (C=O) groups is 1. The van der Waals surface area contributed by atoms with Gasteiger partial charge in [0.25, 0.3) is 0 Å². The molecule has 0 radical (unpaired) electrons. The summed E-state index contributed by atoms with van der Waals surface area (Å²) >= 11 is 0. The van der Waals surface area contributed by atoms with E-state index in [1.165, 1.54) is 0 Å². The van der Waals surface area contributed by atoms with Gasteiger partial charge < -0.3 is 0 Å². The molecule has 1 aliphatic heterocycles. The number of carbonyl (C=O) groups excluding carboxylic acids is 1. The second-order valence-corrected chi connectivity index (χ2v) is 8.25. The molecule has 27 heavy (non-hydrogen) atoms. The zero-order chi connectivity index (χ0) is 19.8. The van der Waals surface area contributed by atoms with Gasteiger partial charge in [-0.05, 0) is 18.2 Å². The van der Waals surface area contributed by atoms with Crippen LogP contribution in [-0.2, 0) is 20.8 Å². The van der Waals surface area contributed by atoms with Gasteiger partial charge in [0.1, 0.15) is 12.4 Å². The van der Waals surface area contributed by atoms with Crippen molar-refractivity contribution in [1.82, 2.24) is 0 Å². The fourth-order valence-electron chi connectivity index (χ4n) is 2.81. The molecule has 0 aromatic heterocycles. The topological polar surface area (TPSA) is 66.8 Å². The van der Waals surface area contributed by atoms with Gasteiger partial charge in [-0.2, -0.15) is 13.2 Å². The minimum atomic E-state index is -4.59. The van der Waals surface area contributed by atoms with Gasteiger partial charge >= 0.3 is 6.18 Å². The summed E-state index contributed by atoms with van der Waals surface area (Å²) in [4.78, 5) is 17.6. The average Bonchev–Trinajstić information content (AvgIpc) is 2.71. The molecule has 3 rings (SSSR count). The Morgan fingerprint density at radius 3 is 2.37 bits per heavy atom. The van der Waals surface area contributed by atoms with Crippen LogP contribution >= 0.6 is 0 Å².